The second-order valence-electron chi connectivity index (χ2n) is 4.34. The zero-order valence-electron chi connectivity index (χ0n) is 12.2. The van der Waals surface area contributed by atoms with E-state index in [4.69, 9.17) is 4.42 Å². The third-order valence-electron chi connectivity index (χ3n) is 2.53. The molecule has 1 amide bonds. The van der Waals surface area contributed by atoms with Crippen LogP contribution in [-0.4, -0.2) is 47.7 Å². The van der Waals surface area contributed by atoms with Crippen LogP contribution in [-0.2, 0) is 25.7 Å². The summed E-state index contributed by atoms with van der Waals surface area (Å²) in [5.41, 5.74) is 0. The highest BCUT2D eigenvalue weighted by Gasteiger charge is 2.14. The fourth-order valence-corrected chi connectivity index (χ4v) is 2.34. The van der Waals surface area contributed by atoms with Gasteiger partial charge in [-0.25, -0.2) is 0 Å². The predicted octanol–water partition coefficient (Wildman–Crippen LogP) is 1.49. The molecule has 0 bridgehead atoms. The molecule has 0 saturated heterocycles. The minimum Gasteiger partial charge on any atom is -0.467 e. The van der Waals surface area contributed by atoms with Gasteiger partial charge in [0.25, 0.3) is 0 Å². The molecule has 0 atom stereocenters. The van der Waals surface area contributed by atoms with Gasteiger partial charge in [-0.3, -0.25) is 14.4 Å². The maximum absolute atomic E-state index is 11.8. The minimum absolute atomic E-state index is 0.0969. The van der Waals surface area contributed by atoms with Crippen LogP contribution in [0.15, 0.2) is 22.8 Å². The smallest absolute Gasteiger partial charge is 0.313 e. The summed E-state index contributed by atoms with van der Waals surface area (Å²) in [6.45, 7) is 2.34. The van der Waals surface area contributed by atoms with Crippen LogP contribution in [0.5, 0.6) is 0 Å². The Bertz CT molecular complexity index is 472. The maximum atomic E-state index is 11.8. The van der Waals surface area contributed by atoms with E-state index in [1.165, 1.54) is 16.7 Å². The fourth-order valence-electron chi connectivity index (χ4n) is 1.51. The van der Waals surface area contributed by atoms with Gasteiger partial charge in [0, 0.05) is 7.05 Å². The van der Waals surface area contributed by atoms with Crippen molar-refractivity contribution in [3.63, 3.8) is 0 Å². The van der Waals surface area contributed by atoms with Crippen molar-refractivity contribution in [2.75, 3.05) is 25.2 Å². The third kappa shape index (κ3) is 6.99. The molecule has 0 aliphatic heterocycles. The quantitative estimate of drug-likeness (QED) is 0.508. The fraction of sp³-hybridized carbons (Fsp3) is 0.500. The number of ketones is 1. The largest absolute Gasteiger partial charge is 0.467 e. The lowest BCUT2D eigenvalue weighted by Crippen LogP contribution is -2.28. The van der Waals surface area contributed by atoms with Gasteiger partial charge in [-0.15, -0.1) is 11.8 Å². The van der Waals surface area contributed by atoms with Crippen LogP contribution in [0.2, 0.25) is 0 Å². The van der Waals surface area contributed by atoms with Gasteiger partial charge in [-0.05, 0) is 19.1 Å². The molecular weight excluding hydrogens is 294 g/mol. The summed E-state index contributed by atoms with van der Waals surface area (Å²) in [7, 11) is 1.67. The zero-order valence-corrected chi connectivity index (χ0v) is 13.0. The van der Waals surface area contributed by atoms with Gasteiger partial charge in [-0.2, -0.15) is 0 Å². The number of furan rings is 1. The lowest BCUT2D eigenvalue weighted by Gasteiger charge is -2.15. The van der Waals surface area contributed by atoms with Crippen LogP contribution in [0, 0.1) is 0 Å². The summed E-state index contributed by atoms with van der Waals surface area (Å²) in [4.78, 5) is 35.9. The molecule has 1 heterocycles. The number of esters is 1. The summed E-state index contributed by atoms with van der Waals surface area (Å²) >= 11 is 1.19. The second-order valence-corrected chi connectivity index (χ2v) is 5.33. The molecule has 6 nitrogen and oxygen atoms in total. The molecule has 116 valence electrons. The van der Waals surface area contributed by atoms with Gasteiger partial charge >= 0.3 is 5.97 Å². The second kappa shape index (κ2) is 9.23. The predicted molar refractivity (Wildman–Crippen MR) is 78.8 cm³/mol. The molecule has 0 N–H and O–H groups in total. The average molecular weight is 313 g/mol. The Kier molecular flexibility index (Phi) is 7.60. The number of carbonyl (C=O) groups excluding carboxylic acids is 3. The summed E-state index contributed by atoms with van der Waals surface area (Å²) in [5.74, 6) is 0.157. The number of amides is 1. The highest BCUT2D eigenvalue weighted by atomic mass is 32.2. The molecule has 0 saturated carbocycles. The Morgan fingerprint density at radius 3 is 2.71 bits per heavy atom. The summed E-state index contributed by atoms with van der Waals surface area (Å²) < 4.78 is 9.84. The molecule has 1 aromatic heterocycles. The first kappa shape index (κ1) is 17.3. The first-order valence-electron chi connectivity index (χ1n) is 6.54. The van der Waals surface area contributed by atoms with Crippen molar-refractivity contribution >= 4 is 29.4 Å². The van der Waals surface area contributed by atoms with Crippen LogP contribution in [0.25, 0.3) is 0 Å². The highest BCUT2D eigenvalue weighted by molar-refractivity contribution is 8.00. The molecule has 1 rings (SSSR count). The first-order valence-corrected chi connectivity index (χ1v) is 7.69. The molecule has 21 heavy (non-hydrogen) atoms. The summed E-state index contributed by atoms with van der Waals surface area (Å²) in [6.07, 6.45) is 1.31. The van der Waals surface area contributed by atoms with Crippen molar-refractivity contribution < 1.29 is 23.5 Å². The third-order valence-corrected chi connectivity index (χ3v) is 3.51. The Balaban J connectivity index is 2.20. The maximum Gasteiger partial charge on any atom is 0.313 e. The van der Waals surface area contributed by atoms with Crippen LogP contribution in [0.1, 0.15) is 19.1 Å². The summed E-state index contributed by atoms with van der Waals surface area (Å²) in [6, 6.07) is 3.55. The molecular formula is C14H19NO5S. The molecule has 0 aliphatic rings. The Morgan fingerprint density at radius 2 is 2.10 bits per heavy atom. The number of hydrogen-bond donors (Lipinski definition) is 0. The lowest BCUT2D eigenvalue weighted by molar-refractivity contribution is -0.145. The topological polar surface area (TPSA) is 76.8 Å². The Labute approximate surface area is 127 Å². The molecule has 1 aromatic rings. The molecule has 0 aromatic carbocycles. The lowest BCUT2D eigenvalue weighted by atomic mass is 10.3. The van der Waals surface area contributed by atoms with Gasteiger partial charge in [0.15, 0.2) is 5.78 Å². The van der Waals surface area contributed by atoms with E-state index in [1.807, 2.05) is 0 Å². The van der Waals surface area contributed by atoms with E-state index in [0.29, 0.717) is 12.3 Å². The normalized spacial score (nSPS) is 10.2. The number of rotatable bonds is 9. The van der Waals surface area contributed by atoms with E-state index in [1.54, 1.807) is 32.4 Å². The number of carbonyl (C=O) groups is 3. The Morgan fingerprint density at radius 1 is 1.33 bits per heavy atom. The summed E-state index contributed by atoms with van der Waals surface area (Å²) in [5, 5.41) is 0. The molecule has 7 heteroatoms. The van der Waals surface area contributed by atoms with Gasteiger partial charge < -0.3 is 14.1 Å². The molecule has 0 radical (unpaired) electrons. The van der Waals surface area contributed by atoms with Crippen LogP contribution < -0.4 is 0 Å². The molecule has 0 fully saturated rings. The van der Waals surface area contributed by atoms with Gasteiger partial charge in [0.05, 0.1) is 30.9 Å². The SMILES string of the molecule is CCOC(=O)CC(=O)CSCC(=O)N(C)Cc1ccco1. The monoisotopic (exact) mass is 313 g/mol. The van der Waals surface area contributed by atoms with Crippen molar-refractivity contribution in [2.45, 2.75) is 19.9 Å². The molecule has 0 spiro atoms. The number of ether oxygens (including phenoxy) is 1. The van der Waals surface area contributed by atoms with Crippen molar-refractivity contribution in [2.24, 2.45) is 0 Å². The number of Topliss-reactive ketones (excluding diaryl/α,β-unsaturated/α-hetero) is 1. The van der Waals surface area contributed by atoms with Crippen molar-refractivity contribution in [3.8, 4) is 0 Å². The van der Waals surface area contributed by atoms with Crippen LogP contribution >= 0.6 is 11.8 Å². The zero-order chi connectivity index (χ0) is 15.7. The van der Waals surface area contributed by atoms with Crippen LogP contribution in [0.3, 0.4) is 0 Å². The molecule has 0 unspecified atom stereocenters. The van der Waals surface area contributed by atoms with Crippen molar-refractivity contribution in [1.82, 2.24) is 4.90 Å². The van der Waals surface area contributed by atoms with Gasteiger partial charge in [0.1, 0.15) is 12.2 Å². The van der Waals surface area contributed by atoms with Crippen LogP contribution in [0.4, 0.5) is 0 Å². The van der Waals surface area contributed by atoms with Gasteiger partial charge in [0.2, 0.25) is 5.91 Å². The minimum atomic E-state index is -0.524. The highest BCUT2D eigenvalue weighted by Crippen LogP contribution is 2.08. The van der Waals surface area contributed by atoms with E-state index >= 15 is 0 Å². The first-order chi connectivity index (χ1) is 10.0. The average Bonchev–Trinajstić information content (AvgIpc) is 2.91. The van der Waals surface area contributed by atoms with E-state index in [-0.39, 0.29) is 36.2 Å². The standard InChI is InChI=1S/C14H19NO5S/c1-3-19-14(18)7-11(16)9-21-10-13(17)15(2)8-12-5-4-6-20-12/h4-6H,3,7-10H2,1-2H3. The van der Waals surface area contributed by atoms with Crippen molar-refractivity contribution in [1.29, 1.82) is 0 Å². The van der Waals surface area contributed by atoms with E-state index in [2.05, 4.69) is 4.74 Å². The number of nitrogens with zero attached hydrogens (tertiary/aromatic N) is 1. The van der Waals surface area contributed by atoms with E-state index in [9.17, 15) is 14.4 Å². The molecule has 0 aliphatic carbocycles. The number of thioether (sulfide) groups is 1. The number of hydrogen-bond acceptors (Lipinski definition) is 6. The van der Waals surface area contributed by atoms with E-state index < -0.39 is 5.97 Å². The van der Waals surface area contributed by atoms with Crippen molar-refractivity contribution in [3.05, 3.63) is 24.2 Å². The van der Waals surface area contributed by atoms with Gasteiger partial charge in [-0.1, -0.05) is 0 Å². The van der Waals surface area contributed by atoms with E-state index in [0.717, 1.165) is 0 Å². The Hall–Kier alpha value is -1.76.